The Labute approximate surface area is 195 Å². The molecule has 1 atom stereocenters. The number of hydrogen-bond donors (Lipinski definition) is 1. The molecule has 3 heterocycles. The third-order valence-electron chi connectivity index (χ3n) is 6.97. The molecule has 7 nitrogen and oxygen atoms in total. The zero-order valence-electron chi connectivity index (χ0n) is 19.6. The Morgan fingerprint density at radius 3 is 2.61 bits per heavy atom. The predicted octanol–water partition coefficient (Wildman–Crippen LogP) is 3.29. The number of carbonyl (C=O) groups is 2. The molecule has 0 radical (unpaired) electrons. The van der Waals surface area contributed by atoms with Crippen molar-refractivity contribution >= 4 is 17.8 Å². The fraction of sp³-hybridized carbons (Fsp3) is 0.538. The van der Waals surface area contributed by atoms with Gasteiger partial charge in [0.1, 0.15) is 5.69 Å². The molecule has 0 bridgehead atoms. The van der Waals surface area contributed by atoms with Crippen molar-refractivity contribution in [1.82, 2.24) is 20.2 Å². The van der Waals surface area contributed by atoms with Gasteiger partial charge in [-0.2, -0.15) is 0 Å². The molecule has 0 spiro atoms. The second-order valence-corrected chi connectivity index (χ2v) is 9.86. The van der Waals surface area contributed by atoms with Gasteiger partial charge in [-0.1, -0.05) is 38.1 Å². The maximum absolute atomic E-state index is 13.7. The Balaban J connectivity index is 1.45. The fourth-order valence-electron chi connectivity index (χ4n) is 4.83. The molecule has 1 aromatic heterocycles. The number of aromatic nitrogens is 2. The van der Waals surface area contributed by atoms with E-state index in [0.717, 1.165) is 57.4 Å². The fourth-order valence-corrected chi connectivity index (χ4v) is 4.83. The quantitative estimate of drug-likeness (QED) is 0.709. The van der Waals surface area contributed by atoms with Crippen LogP contribution in [0.2, 0.25) is 0 Å². The number of hydrogen-bond acceptors (Lipinski definition) is 6. The summed E-state index contributed by atoms with van der Waals surface area (Å²) in [6, 6.07) is 10.2. The summed E-state index contributed by atoms with van der Waals surface area (Å²) >= 11 is 0. The van der Waals surface area contributed by atoms with Crippen molar-refractivity contribution in [3.8, 4) is 0 Å². The lowest BCUT2D eigenvalue weighted by Gasteiger charge is -2.30. The van der Waals surface area contributed by atoms with E-state index in [4.69, 9.17) is 9.97 Å². The molecular formula is C26H33N5O2. The van der Waals surface area contributed by atoms with Crippen LogP contribution in [0.5, 0.6) is 0 Å². The second kappa shape index (κ2) is 9.21. The van der Waals surface area contributed by atoms with Crippen molar-refractivity contribution in [3.63, 3.8) is 0 Å². The number of benzene rings is 1. The summed E-state index contributed by atoms with van der Waals surface area (Å²) in [5.74, 6) is 0.293. The minimum absolute atomic E-state index is 0.00899. The maximum atomic E-state index is 13.7. The van der Waals surface area contributed by atoms with Gasteiger partial charge in [0.05, 0.1) is 5.92 Å². The molecule has 2 amide bonds. The van der Waals surface area contributed by atoms with Crippen molar-refractivity contribution in [2.75, 3.05) is 24.5 Å². The molecule has 1 unspecified atom stereocenters. The van der Waals surface area contributed by atoms with Crippen molar-refractivity contribution in [3.05, 3.63) is 52.8 Å². The highest BCUT2D eigenvalue weighted by molar-refractivity contribution is 6.05. The molecular weight excluding hydrogens is 414 g/mol. The van der Waals surface area contributed by atoms with Gasteiger partial charge >= 0.3 is 0 Å². The van der Waals surface area contributed by atoms with E-state index in [0.29, 0.717) is 18.2 Å². The molecule has 1 N–H and O–H groups in total. The Hall–Kier alpha value is -2.80. The highest BCUT2D eigenvalue weighted by Crippen LogP contribution is 2.32. The smallest absolute Gasteiger partial charge is 0.279 e. The van der Waals surface area contributed by atoms with Crippen LogP contribution in [0.4, 0.5) is 5.95 Å². The highest BCUT2D eigenvalue weighted by atomic mass is 16.2. The number of anilines is 1. The Morgan fingerprint density at radius 1 is 1.12 bits per heavy atom. The normalized spacial score (nSPS) is 20.5. The molecule has 2 aliphatic heterocycles. The monoisotopic (exact) mass is 447 g/mol. The van der Waals surface area contributed by atoms with E-state index < -0.39 is 0 Å². The summed E-state index contributed by atoms with van der Waals surface area (Å²) in [4.78, 5) is 40.3. The van der Waals surface area contributed by atoms with Gasteiger partial charge in [0, 0.05) is 31.4 Å². The first-order valence-electron chi connectivity index (χ1n) is 12.3. The Bertz CT molecular complexity index is 1040. The van der Waals surface area contributed by atoms with Crippen LogP contribution in [0.15, 0.2) is 30.3 Å². The van der Waals surface area contributed by atoms with Crippen LogP contribution < -0.4 is 10.2 Å². The Kier molecular flexibility index (Phi) is 6.15. The molecule has 2 fully saturated rings. The standard InChI is InChI=1S/C26H33N5O2/c1-17(2)22-14-23(25(33)31(21-9-10-21)24(32)19-8-5-12-27-15-19)29-26(28-22)30-13-11-18-6-3-4-7-20(18)16-30/h3-4,6-7,14,17,19,21,27H,5,8-13,15-16H2,1-2H3. The minimum atomic E-state index is -0.268. The summed E-state index contributed by atoms with van der Waals surface area (Å²) in [5, 5.41) is 3.30. The van der Waals surface area contributed by atoms with Crippen LogP contribution in [-0.4, -0.2) is 52.4 Å². The number of carbonyl (C=O) groups excluding carboxylic acids is 2. The van der Waals surface area contributed by atoms with Gasteiger partial charge in [-0.3, -0.25) is 14.5 Å². The van der Waals surface area contributed by atoms with Crippen molar-refractivity contribution in [1.29, 1.82) is 0 Å². The van der Waals surface area contributed by atoms with Gasteiger partial charge in [0.2, 0.25) is 11.9 Å². The molecule has 1 saturated carbocycles. The van der Waals surface area contributed by atoms with Gasteiger partial charge in [-0.15, -0.1) is 0 Å². The van der Waals surface area contributed by atoms with E-state index in [1.807, 2.05) is 0 Å². The average molecular weight is 448 g/mol. The van der Waals surface area contributed by atoms with Gasteiger partial charge in [-0.05, 0) is 61.8 Å². The zero-order valence-corrected chi connectivity index (χ0v) is 19.6. The first-order chi connectivity index (χ1) is 16.0. The molecule has 3 aliphatic rings. The molecule has 5 rings (SSSR count). The van der Waals surface area contributed by atoms with Gasteiger partial charge in [0.25, 0.3) is 5.91 Å². The number of imide groups is 1. The summed E-state index contributed by atoms with van der Waals surface area (Å²) in [7, 11) is 0. The molecule has 1 saturated heterocycles. The van der Waals surface area contributed by atoms with Gasteiger partial charge in [-0.25, -0.2) is 9.97 Å². The molecule has 2 aromatic rings. The van der Waals surface area contributed by atoms with Crippen LogP contribution >= 0.6 is 0 Å². The lowest BCUT2D eigenvalue weighted by Crippen LogP contribution is -2.47. The van der Waals surface area contributed by atoms with Crippen LogP contribution in [0.25, 0.3) is 0 Å². The van der Waals surface area contributed by atoms with E-state index in [-0.39, 0.29) is 29.7 Å². The van der Waals surface area contributed by atoms with Gasteiger partial charge in [0.15, 0.2) is 0 Å². The second-order valence-electron chi connectivity index (χ2n) is 9.86. The molecule has 1 aliphatic carbocycles. The average Bonchev–Trinajstić information content (AvgIpc) is 3.69. The van der Waals surface area contributed by atoms with E-state index in [1.165, 1.54) is 16.0 Å². The Morgan fingerprint density at radius 2 is 1.91 bits per heavy atom. The van der Waals surface area contributed by atoms with Crippen LogP contribution in [0.3, 0.4) is 0 Å². The first kappa shape index (κ1) is 22.0. The third kappa shape index (κ3) is 4.64. The summed E-state index contributed by atoms with van der Waals surface area (Å²) < 4.78 is 0. The summed E-state index contributed by atoms with van der Waals surface area (Å²) in [6.07, 6.45) is 4.50. The van der Waals surface area contributed by atoms with Crippen molar-refractivity contribution in [2.45, 2.75) is 64.5 Å². The number of nitrogens with one attached hydrogen (secondary N) is 1. The van der Waals surface area contributed by atoms with Crippen molar-refractivity contribution < 1.29 is 9.59 Å². The van der Waals surface area contributed by atoms with E-state index in [1.54, 1.807) is 6.07 Å². The first-order valence-corrected chi connectivity index (χ1v) is 12.3. The van der Waals surface area contributed by atoms with Crippen LogP contribution in [-0.2, 0) is 17.8 Å². The maximum Gasteiger partial charge on any atom is 0.279 e. The molecule has 7 heteroatoms. The molecule has 174 valence electrons. The van der Waals surface area contributed by atoms with E-state index >= 15 is 0 Å². The number of piperidine rings is 1. The largest absolute Gasteiger partial charge is 0.336 e. The summed E-state index contributed by atoms with van der Waals surface area (Å²) in [6.45, 7) is 7.27. The summed E-state index contributed by atoms with van der Waals surface area (Å²) in [5.41, 5.74) is 3.81. The number of fused-ring (bicyclic) bond motifs is 1. The molecule has 33 heavy (non-hydrogen) atoms. The topological polar surface area (TPSA) is 78.4 Å². The minimum Gasteiger partial charge on any atom is -0.336 e. The van der Waals surface area contributed by atoms with Crippen LogP contribution in [0, 0.1) is 5.92 Å². The predicted molar refractivity (Wildman–Crippen MR) is 127 cm³/mol. The van der Waals surface area contributed by atoms with E-state index in [9.17, 15) is 9.59 Å². The lowest BCUT2D eigenvalue weighted by atomic mass is 9.97. The lowest BCUT2D eigenvalue weighted by molar-refractivity contribution is -0.133. The number of amides is 2. The molecule has 1 aromatic carbocycles. The van der Waals surface area contributed by atoms with Crippen LogP contribution in [0.1, 0.15) is 72.8 Å². The third-order valence-corrected chi connectivity index (χ3v) is 6.97. The zero-order chi connectivity index (χ0) is 22.9. The van der Waals surface area contributed by atoms with E-state index in [2.05, 4.69) is 48.3 Å². The number of nitrogens with zero attached hydrogens (tertiary/aromatic N) is 4. The van der Waals surface area contributed by atoms with Gasteiger partial charge < -0.3 is 10.2 Å². The highest BCUT2D eigenvalue weighted by Gasteiger charge is 2.41. The SMILES string of the molecule is CC(C)c1cc(C(=O)N(C(=O)C2CCCNC2)C2CC2)nc(N2CCc3ccccc3C2)n1. The van der Waals surface area contributed by atoms with Crippen molar-refractivity contribution in [2.24, 2.45) is 5.92 Å². The number of rotatable bonds is 5.